The molecule has 4 nitrogen and oxygen atoms in total. The van der Waals surface area contributed by atoms with Crippen LogP contribution in [0.4, 0.5) is 13.6 Å². The molecule has 0 radical (unpaired) electrons. The van der Waals surface area contributed by atoms with Crippen LogP contribution < -0.4 is 11.1 Å². The van der Waals surface area contributed by atoms with Crippen LogP contribution >= 0.6 is 0 Å². The minimum absolute atomic E-state index is 0.258. The molecule has 0 saturated heterocycles. The van der Waals surface area contributed by atoms with Gasteiger partial charge in [-0.2, -0.15) is 0 Å². The molecular formula is C7H12F2N2O2. The van der Waals surface area contributed by atoms with Crippen LogP contribution in [0.3, 0.4) is 0 Å². The summed E-state index contributed by atoms with van der Waals surface area (Å²) in [5, 5.41) is 10.3. The minimum Gasteiger partial charge on any atom is -0.465 e. The number of nitrogens with one attached hydrogen (secondary N) is 1. The Hall–Kier alpha value is -0.910. The van der Waals surface area contributed by atoms with Crippen molar-refractivity contribution in [2.24, 2.45) is 5.73 Å². The Morgan fingerprint density at radius 3 is 2.77 bits per heavy atom. The van der Waals surface area contributed by atoms with E-state index in [9.17, 15) is 13.6 Å². The summed E-state index contributed by atoms with van der Waals surface area (Å²) in [5.74, 6) is -2.95. The molecule has 1 aliphatic rings. The van der Waals surface area contributed by atoms with Gasteiger partial charge in [-0.3, -0.25) is 0 Å². The van der Waals surface area contributed by atoms with Crippen molar-refractivity contribution >= 4 is 6.09 Å². The maximum absolute atomic E-state index is 12.9. The number of halogens is 2. The van der Waals surface area contributed by atoms with Crippen LogP contribution in [0.1, 0.15) is 19.3 Å². The molecular weight excluding hydrogens is 182 g/mol. The first kappa shape index (κ1) is 10.2. The van der Waals surface area contributed by atoms with Crippen LogP contribution in [0.25, 0.3) is 0 Å². The average Bonchev–Trinajstić information content (AvgIpc) is 1.98. The topological polar surface area (TPSA) is 75.3 Å². The van der Waals surface area contributed by atoms with E-state index in [0.29, 0.717) is 12.8 Å². The highest BCUT2D eigenvalue weighted by Crippen LogP contribution is 2.32. The zero-order valence-electron chi connectivity index (χ0n) is 6.96. The fourth-order valence-electron chi connectivity index (χ4n) is 1.52. The first-order valence-electron chi connectivity index (χ1n) is 4.06. The second kappa shape index (κ2) is 3.45. The lowest BCUT2D eigenvalue weighted by Gasteiger charge is -2.35. The van der Waals surface area contributed by atoms with Crippen LogP contribution in [0.5, 0.6) is 0 Å². The summed E-state index contributed by atoms with van der Waals surface area (Å²) in [6.45, 7) is 0. The number of nitrogens with two attached hydrogens (primary N) is 1. The lowest BCUT2D eigenvalue weighted by atomic mass is 9.88. The van der Waals surface area contributed by atoms with E-state index < -0.39 is 24.1 Å². The van der Waals surface area contributed by atoms with E-state index in [1.807, 2.05) is 5.32 Å². The maximum Gasteiger partial charge on any atom is 0.404 e. The zero-order valence-corrected chi connectivity index (χ0v) is 6.96. The molecule has 1 rings (SSSR count). The van der Waals surface area contributed by atoms with Crippen LogP contribution in [0, 0.1) is 0 Å². The molecule has 2 atom stereocenters. The number of carbonyl (C=O) groups is 1. The van der Waals surface area contributed by atoms with Crippen LogP contribution in [-0.4, -0.2) is 29.2 Å². The Morgan fingerprint density at radius 2 is 2.23 bits per heavy atom. The molecule has 0 aromatic heterocycles. The third-order valence-corrected chi connectivity index (χ3v) is 2.26. The largest absolute Gasteiger partial charge is 0.465 e. The lowest BCUT2D eigenvalue weighted by Crippen LogP contribution is -2.58. The Morgan fingerprint density at radius 1 is 1.62 bits per heavy atom. The molecule has 0 heterocycles. The van der Waals surface area contributed by atoms with E-state index >= 15 is 0 Å². The number of alkyl halides is 2. The third-order valence-electron chi connectivity index (χ3n) is 2.26. The van der Waals surface area contributed by atoms with E-state index in [0.717, 1.165) is 0 Å². The molecule has 0 bridgehead atoms. The monoisotopic (exact) mass is 194 g/mol. The van der Waals surface area contributed by atoms with Gasteiger partial charge in [-0.1, -0.05) is 0 Å². The number of hydrogen-bond acceptors (Lipinski definition) is 2. The van der Waals surface area contributed by atoms with Crippen molar-refractivity contribution in [3.63, 3.8) is 0 Å². The van der Waals surface area contributed by atoms with Gasteiger partial charge in [-0.15, -0.1) is 0 Å². The Kier molecular flexibility index (Phi) is 2.70. The highest BCUT2D eigenvalue weighted by molar-refractivity contribution is 5.65. The molecule has 76 valence electrons. The fourth-order valence-corrected chi connectivity index (χ4v) is 1.52. The Bertz CT molecular complexity index is 211. The summed E-state index contributed by atoms with van der Waals surface area (Å²) in [6.07, 6.45) is -0.890. The second-order valence-corrected chi connectivity index (χ2v) is 3.24. The first-order valence-corrected chi connectivity index (χ1v) is 4.06. The average molecular weight is 194 g/mol. The fraction of sp³-hybridized carbons (Fsp3) is 0.857. The summed E-state index contributed by atoms with van der Waals surface area (Å²) < 4.78 is 25.9. The van der Waals surface area contributed by atoms with E-state index in [4.69, 9.17) is 10.8 Å². The first-order chi connectivity index (χ1) is 5.93. The van der Waals surface area contributed by atoms with Crippen molar-refractivity contribution in [2.75, 3.05) is 0 Å². The van der Waals surface area contributed by atoms with Crippen LogP contribution in [-0.2, 0) is 0 Å². The Balaban J connectivity index is 2.60. The van der Waals surface area contributed by atoms with Gasteiger partial charge in [0.25, 0.3) is 5.92 Å². The molecule has 4 N–H and O–H groups in total. The van der Waals surface area contributed by atoms with E-state index in [-0.39, 0.29) is 6.42 Å². The predicted molar refractivity (Wildman–Crippen MR) is 41.7 cm³/mol. The van der Waals surface area contributed by atoms with Crippen molar-refractivity contribution in [1.29, 1.82) is 0 Å². The van der Waals surface area contributed by atoms with Gasteiger partial charge in [-0.05, 0) is 12.8 Å². The van der Waals surface area contributed by atoms with Gasteiger partial charge in [0.15, 0.2) is 0 Å². The van der Waals surface area contributed by atoms with Crippen molar-refractivity contribution in [1.82, 2.24) is 5.32 Å². The Labute approximate surface area is 74.1 Å². The molecule has 1 amide bonds. The summed E-state index contributed by atoms with van der Waals surface area (Å²) in [6, 6.07) is -2.24. The SMILES string of the molecule is N[C@H]1[C@H](NC(=O)O)CCCC1(F)F. The summed E-state index contributed by atoms with van der Waals surface area (Å²) in [7, 11) is 0. The molecule has 0 aromatic carbocycles. The molecule has 6 heteroatoms. The van der Waals surface area contributed by atoms with E-state index in [1.54, 1.807) is 0 Å². The highest BCUT2D eigenvalue weighted by Gasteiger charge is 2.45. The molecule has 0 aliphatic heterocycles. The van der Waals surface area contributed by atoms with Gasteiger partial charge in [0.1, 0.15) is 0 Å². The van der Waals surface area contributed by atoms with Gasteiger partial charge in [0, 0.05) is 6.42 Å². The van der Waals surface area contributed by atoms with Gasteiger partial charge in [-0.25, -0.2) is 13.6 Å². The van der Waals surface area contributed by atoms with Crippen LogP contribution in [0.15, 0.2) is 0 Å². The molecule has 13 heavy (non-hydrogen) atoms. The van der Waals surface area contributed by atoms with Gasteiger partial charge in [0.05, 0.1) is 12.1 Å². The number of hydrogen-bond donors (Lipinski definition) is 3. The summed E-state index contributed by atoms with van der Waals surface area (Å²) >= 11 is 0. The number of amides is 1. The quantitative estimate of drug-likeness (QED) is 0.577. The minimum atomic E-state index is -2.95. The van der Waals surface area contributed by atoms with Crippen molar-refractivity contribution < 1.29 is 18.7 Å². The van der Waals surface area contributed by atoms with E-state index in [1.165, 1.54) is 0 Å². The molecule has 1 aliphatic carbocycles. The van der Waals surface area contributed by atoms with Crippen molar-refractivity contribution in [2.45, 2.75) is 37.3 Å². The molecule has 0 aromatic rings. The smallest absolute Gasteiger partial charge is 0.404 e. The highest BCUT2D eigenvalue weighted by atomic mass is 19.3. The molecule has 1 saturated carbocycles. The third kappa shape index (κ3) is 2.27. The summed E-state index contributed by atoms with van der Waals surface area (Å²) in [4.78, 5) is 10.2. The summed E-state index contributed by atoms with van der Waals surface area (Å²) in [5.41, 5.74) is 5.23. The van der Waals surface area contributed by atoms with E-state index in [2.05, 4.69) is 0 Å². The van der Waals surface area contributed by atoms with Gasteiger partial charge in [0.2, 0.25) is 0 Å². The predicted octanol–water partition coefficient (Wildman–Crippen LogP) is 0.769. The molecule has 0 spiro atoms. The lowest BCUT2D eigenvalue weighted by molar-refractivity contribution is -0.0615. The molecule has 1 fully saturated rings. The number of carboxylic acid groups (broad SMARTS) is 1. The van der Waals surface area contributed by atoms with Crippen LogP contribution in [0.2, 0.25) is 0 Å². The standard InChI is InChI=1S/C7H12F2N2O2/c8-7(9)3-1-2-4(5(7)10)11-6(12)13/h4-5,11H,1-3,10H2,(H,12,13)/t4-,5+/m1/s1. The normalized spacial score (nSPS) is 32.5. The maximum atomic E-state index is 12.9. The number of rotatable bonds is 1. The van der Waals surface area contributed by atoms with Crippen molar-refractivity contribution in [3.8, 4) is 0 Å². The molecule has 0 unspecified atom stereocenters. The van der Waals surface area contributed by atoms with Crippen molar-refractivity contribution in [3.05, 3.63) is 0 Å². The second-order valence-electron chi connectivity index (χ2n) is 3.24. The van der Waals surface area contributed by atoms with Gasteiger partial charge >= 0.3 is 6.09 Å². The van der Waals surface area contributed by atoms with Gasteiger partial charge < -0.3 is 16.2 Å². The zero-order chi connectivity index (χ0) is 10.1.